The Labute approximate surface area is 151 Å². The van der Waals surface area contributed by atoms with Gasteiger partial charge >= 0.3 is 0 Å². The number of para-hydroxylation sites is 1. The zero-order valence-corrected chi connectivity index (χ0v) is 14.8. The number of benzene rings is 2. The van der Waals surface area contributed by atoms with Crippen molar-refractivity contribution < 1.29 is 9.59 Å². The van der Waals surface area contributed by atoms with Crippen LogP contribution in [0, 0.1) is 0 Å². The highest BCUT2D eigenvalue weighted by Gasteiger charge is 2.40. The van der Waals surface area contributed by atoms with Gasteiger partial charge in [0, 0.05) is 9.50 Å². The van der Waals surface area contributed by atoms with Crippen molar-refractivity contribution in [1.29, 1.82) is 0 Å². The monoisotopic (exact) mass is 412 g/mol. The second-order valence-corrected chi connectivity index (χ2v) is 6.74. The van der Waals surface area contributed by atoms with E-state index in [-0.39, 0.29) is 18.2 Å². The van der Waals surface area contributed by atoms with E-state index in [0.29, 0.717) is 25.9 Å². The molecule has 2 aromatic carbocycles. The van der Waals surface area contributed by atoms with E-state index in [0.717, 1.165) is 0 Å². The van der Waals surface area contributed by atoms with E-state index in [4.69, 9.17) is 23.2 Å². The van der Waals surface area contributed by atoms with Crippen molar-refractivity contribution in [2.45, 2.75) is 12.5 Å². The van der Waals surface area contributed by atoms with Crippen LogP contribution in [-0.4, -0.2) is 17.9 Å². The van der Waals surface area contributed by atoms with Gasteiger partial charge in [0.05, 0.1) is 22.8 Å². The summed E-state index contributed by atoms with van der Waals surface area (Å²) in [5.41, 5.74) is 1.10. The average Bonchev–Trinajstić information content (AvgIpc) is 2.77. The molecule has 0 aromatic heterocycles. The number of nitrogens with zero attached hydrogens (tertiary/aromatic N) is 1. The van der Waals surface area contributed by atoms with E-state index in [9.17, 15) is 9.59 Å². The third-order valence-corrected chi connectivity index (χ3v) is 4.72. The van der Waals surface area contributed by atoms with Crippen LogP contribution in [0.2, 0.25) is 10.0 Å². The van der Waals surface area contributed by atoms with Crippen LogP contribution >= 0.6 is 39.1 Å². The highest BCUT2D eigenvalue weighted by molar-refractivity contribution is 9.10. The maximum Gasteiger partial charge on any atom is 0.256 e. The average molecular weight is 414 g/mol. The number of carbonyl (C=O) groups excluding carboxylic acids is 2. The Morgan fingerprint density at radius 3 is 2.57 bits per heavy atom. The number of rotatable bonds is 3. The van der Waals surface area contributed by atoms with Gasteiger partial charge in [0.2, 0.25) is 5.91 Å². The van der Waals surface area contributed by atoms with Gasteiger partial charge in [0.15, 0.2) is 0 Å². The zero-order valence-electron chi connectivity index (χ0n) is 11.7. The summed E-state index contributed by atoms with van der Waals surface area (Å²) in [6.45, 7) is 0. The lowest BCUT2D eigenvalue weighted by Crippen LogP contribution is -2.35. The predicted octanol–water partition coefficient (Wildman–Crippen LogP) is 4.50. The molecular weight excluding hydrogens is 403 g/mol. The summed E-state index contributed by atoms with van der Waals surface area (Å²) >= 11 is 15.3. The van der Waals surface area contributed by atoms with E-state index >= 15 is 0 Å². The number of carbonyl (C=O) groups is 2. The SMILES string of the molecule is O=C1C[C@H](Nc2ccc(Cl)cc2Cl)C(=O)N1c1ccccc1Br. The Balaban J connectivity index is 1.85. The molecule has 23 heavy (non-hydrogen) atoms. The van der Waals surface area contributed by atoms with Crippen LogP contribution in [0.25, 0.3) is 0 Å². The van der Waals surface area contributed by atoms with Crippen LogP contribution in [0.5, 0.6) is 0 Å². The minimum atomic E-state index is -0.659. The Hall–Kier alpha value is -1.56. The van der Waals surface area contributed by atoms with Crippen LogP contribution in [-0.2, 0) is 9.59 Å². The van der Waals surface area contributed by atoms with Crippen LogP contribution in [0.15, 0.2) is 46.9 Å². The van der Waals surface area contributed by atoms with Gasteiger partial charge in [0.1, 0.15) is 6.04 Å². The Morgan fingerprint density at radius 2 is 1.87 bits per heavy atom. The van der Waals surface area contributed by atoms with E-state index < -0.39 is 6.04 Å². The molecule has 2 aromatic rings. The van der Waals surface area contributed by atoms with Crippen molar-refractivity contribution in [3.8, 4) is 0 Å². The van der Waals surface area contributed by atoms with E-state index in [1.807, 2.05) is 6.07 Å². The van der Waals surface area contributed by atoms with Gasteiger partial charge in [0.25, 0.3) is 5.91 Å². The molecule has 1 aliphatic heterocycles. The number of hydrogen-bond acceptors (Lipinski definition) is 3. The maximum atomic E-state index is 12.6. The highest BCUT2D eigenvalue weighted by atomic mass is 79.9. The minimum Gasteiger partial charge on any atom is -0.372 e. The lowest BCUT2D eigenvalue weighted by atomic mass is 10.2. The molecule has 1 heterocycles. The highest BCUT2D eigenvalue weighted by Crippen LogP contribution is 2.32. The van der Waals surface area contributed by atoms with Gasteiger partial charge in [-0.15, -0.1) is 0 Å². The molecule has 4 nitrogen and oxygen atoms in total. The molecule has 0 saturated carbocycles. The number of nitrogens with one attached hydrogen (secondary N) is 1. The fourth-order valence-electron chi connectivity index (χ4n) is 2.43. The molecule has 1 aliphatic rings. The summed E-state index contributed by atoms with van der Waals surface area (Å²) in [7, 11) is 0. The zero-order chi connectivity index (χ0) is 16.6. The smallest absolute Gasteiger partial charge is 0.256 e. The molecule has 2 amide bonds. The van der Waals surface area contributed by atoms with E-state index in [1.165, 1.54) is 4.90 Å². The molecule has 7 heteroatoms. The molecular formula is C16H11BrCl2N2O2. The lowest BCUT2D eigenvalue weighted by Gasteiger charge is -2.17. The molecule has 1 saturated heterocycles. The first-order chi connectivity index (χ1) is 11.0. The summed E-state index contributed by atoms with van der Waals surface area (Å²) in [6.07, 6.45) is 0.0686. The topological polar surface area (TPSA) is 49.4 Å². The van der Waals surface area contributed by atoms with Crippen molar-refractivity contribution in [2.75, 3.05) is 10.2 Å². The predicted molar refractivity (Wildman–Crippen MR) is 95.1 cm³/mol. The standard InChI is InChI=1S/C16H11BrCl2N2O2/c17-10-3-1-2-4-14(10)21-15(22)8-13(16(21)23)20-12-6-5-9(18)7-11(12)19/h1-7,13,20H,8H2/t13-/m0/s1. The van der Waals surface area contributed by atoms with Crippen molar-refractivity contribution in [3.63, 3.8) is 0 Å². The molecule has 0 spiro atoms. The molecule has 1 fully saturated rings. The third kappa shape index (κ3) is 3.22. The van der Waals surface area contributed by atoms with E-state index in [1.54, 1.807) is 36.4 Å². The summed E-state index contributed by atoms with van der Waals surface area (Å²) in [5, 5.41) is 3.92. The fraction of sp³-hybridized carbons (Fsp3) is 0.125. The van der Waals surface area contributed by atoms with E-state index in [2.05, 4.69) is 21.2 Å². The molecule has 0 aliphatic carbocycles. The maximum absolute atomic E-state index is 12.6. The molecule has 0 bridgehead atoms. The Morgan fingerprint density at radius 1 is 1.13 bits per heavy atom. The van der Waals surface area contributed by atoms with Gasteiger partial charge in [-0.3, -0.25) is 9.59 Å². The van der Waals surface area contributed by atoms with Crippen molar-refractivity contribution >= 4 is 62.3 Å². The van der Waals surface area contributed by atoms with Crippen LogP contribution in [0.4, 0.5) is 11.4 Å². The molecule has 0 radical (unpaired) electrons. The minimum absolute atomic E-state index is 0.0686. The number of amides is 2. The number of hydrogen-bond donors (Lipinski definition) is 1. The third-order valence-electron chi connectivity index (χ3n) is 3.50. The fourth-order valence-corrected chi connectivity index (χ4v) is 3.35. The molecule has 1 atom stereocenters. The van der Waals surface area contributed by atoms with Gasteiger partial charge < -0.3 is 5.32 Å². The largest absolute Gasteiger partial charge is 0.372 e. The molecule has 3 rings (SSSR count). The van der Waals surface area contributed by atoms with Crippen LogP contribution in [0.3, 0.4) is 0 Å². The van der Waals surface area contributed by atoms with Gasteiger partial charge in [-0.05, 0) is 46.3 Å². The second-order valence-electron chi connectivity index (χ2n) is 5.04. The number of imide groups is 1. The Kier molecular flexibility index (Phi) is 4.62. The van der Waals surface area contributed by atoms with Gasteiger partial charge in [-0.1, -0.05) is 35.3 Å². The molecule has 1 N–H and O–H groups in total. The first-order valence-corrected chi connectivity index (χ1v) is 8.35. The van der Waals surface area contributed by atoms with Crippen molar-refractivity contribution in [2.24, 2.45) is 0 Å². The van der Waals surface area contributed by atoms with Crippen molar-refractivity contribution in [3.05, 3.63) is 57.0 Å². The Bertz CT molecular complexity index is 797. The first kappa shape index (κ1) is 16.3. The van der Waals surface area contributed by atoms with Crippen LogP contribution < -0.4 is 10.2 Å². The molecule has 0 unspecified atom stereocenters. The number of anilines is 2. The number of halogens is 3. The molecule has 118 valence electrons. The summed E-state index contributed by atoms with van der Waals surface area (Å²) in [4.78, 5) is 26.1. The van der Waals surface area contributed by atoms with Crippen molar-refractivity contribution in [1.82, 2.24) is 0 Å². The van der Waals surface area contributed by atoms with Gasteiger partial charge in [-0.25, -0.2) is 4.90 Å². The summed E-state index contributed by atoms with van der Waals surface area (Å²) in [6, 6.07) is 11.4. The van der Waals surface area contributed by atoms with Gasteiger partial charge in [-0.2, -0.15) is 0 Å². The lowest BCUT2D eigenvalue weighted by molar-refractivity contribution is -0.121. The first-order valence-electron chi connectivity index (χ1n) is 6.80. The summed E-state index contributed by atoms with van der Waals surface area (Å²) < 4.78 is 0.687. The normalized spacial score (nSPS) is 17.7. The summed E-state index contributed by atoms with van der Waals surface area (Å²) in [5.74, 6) is -0.572. The van der Waals surface area contributed by atoms with Crippen LogP contribution in [0.1, 0.15) is 6.42 Å². The second kappa shape index (κ2) is 6.51. The quantitative estimate of drug-likeness (QED) is 0.753.